The summed E-state index contributed by atoms with van der Waals surface area (Å²) in [6.45, 7) is 15.4. The molecule has 4 rings (SSSR count). The molecule has 0 saturated carbocycles. The predicted octanol–water partition coefficient (Wildman–Crippen LogP) is 5.15. The number of rotatable bonds is 7. The predicted molar refractivity (Wildman–Crippen MR) is 172 cm³/mol. The van der Waals surface area contributed by atoms with E-state index in [9.17, 15) is 9.18 Å². The minimum absolute atomic E-state index is 0.0625. The lowest BCUT2D eigenvalue weighted by Crippen LogP contribution is -2.32. The van der Waals surface area contributed by atoms with Crippen LogP contribution in [0.15, 0.2) is 71.0 Å². The SMILES string of the molecule is C=O.CC1=C(F)CNC=C1.CN/C(C)=C\C(OC)=C(/C=O)CN.Cc1c(C)n([C@H](C)C2CCNCC2)c2ccccc12. The zero-order valence-corrected chi connectivity index (χ0v) is 26.4. The molecule has 2 aliphatic rings. The van der Waals surface area contributed by atoms with E-state index in [0.717, 1.165) is 17.2 Å². The van der Waals surface area contributed by atoms with E-state index in [-0.39, 0.29) is 12.4 Å². The van der Waals surface area contributed by atoms with Crippen molar-refractivity contribution in [1.29, 1.82) is 0 Å². The van der Waals surface area contributed by atoms with Gasteiger partial charge in [0.2, 0.25) is 0 Å². The molecule has 8 nitrogen and oxygen atoms in total. The van der Waals surface area contributed by atoms with Gasteiger partial charge in [-0.05, 0) is 102 Å². The summed E-state index contributed by atoms with van der Waals surface area (Å²) in [5, 5.41) is 10.6. The van der Waals surface area contributed by atoms with E-state index in [2.05, 4.69) is 65.6 Å². The fourth-order valence-electron chi connectivity index (χ4n) is 4.94. The van der Waals surface area contributed by atoms with Crippen LogP contribution in [0.3, 0.4) is 0 Å². The Kier molecular flexibility index (Phi) is 16.8. The number of piperidine rings is 1. The van der Waals surface area contributed by atoms with Gasteiger partial charge in [0, 0.05) is 47.5 Å². The topological polar surface area (TPSA) is 110 Å². The van der Waals surface area contributed by atoms with Crippen LogP contribution in [-0.4, -0.2) is 58.0 Å². The average Bonchev–Trinajstić information content (AvgIpc) is 3.29. The average molecular weight is 584 g/mol. The number of nitrogens with zero attached hydrogens (tertiary/aromatic N) is 1. The minimum atomic E-state index is -0.0625. The highest BCUT2D eigenvalue weighted by Gasteiger charge is 2.24. The van der Waals surface area contributed by atoms with Crippen molar-refractivity contribution in [3.63, 3.8) is 0 Å². The third kappa shape index (κ3) is 10.3. The lowest BCUT2D eigenvalue weighted by atomic mass is 9.91. The van der Waals surface area contributed by atoms with Crippen LogP contribution in [0.25, 0.3) is 10.9 Å². The molecule has 0 radical (unpaired) electrons. The molecular formula is C33H50FN5O3. The van der Waals surface area contributed by atoms with Crippen molar-refractivity contribution in [2.24, 2.45) is 11.7 Å². The summed E-state index contributed by atoms with van der Waals surface area (Å²) < 4.78 is 19.9. The van der Waals surface area contributed by atoms with Crippen LogP contribution >= 0.6 is 0 Å². The van der Waals surface area contributed by atoms with Crippen LogP contribution in [0.1, 0.15) is 50.9 Å². The van der Waals surface area contributed by atoms with E-state index in [1.807, 2.05) is 13.7 Å². The van der Waals surface area contributed by atoms with Gasteiger partial charge in [0.15, 0.2) is 6.29 Å². The Morgan fingerprint density at radius 2 is 1.88 bits per heavy atom. The van der Waals surface area contributed by atoms with Gasteiger partial charge in [-0.2, -0.15) is 0 Å². The molecule has 0 aliphatic carbocycles. The van der Waals surface area contributed by atoms with Crippen LogP contribution in [0.2, 0.25) is 0 Å². The molecule has 3 heterocycles. The molecule has 1 fully saturated rings. The summed E-state index contributed by atoms with van der Waals surface area (Å²) in [5.74, 6) is 1.24. The lowest BCUT2D eigenvalue weighted by molar-refractivity contribution is -0.105. The first-order valence-electron chi connectivity index (χ1n) is 14.3. The quantitative estimate of drug-likeness (QED) is 0.154. The molecular weight excluding hydrogens is 533 g/mol. The highest BCUT2D eigenvalue weighted by atomic mass is 19.1. The van der Waals surface area contributed by atoms with Crippen LogP contribution in [0.4, 0.5) is 4.39 Å². The number of allylic oxidation sites excluding steroid dienone is 4. The van der Waals surface area contributed by atoms with Gasteiger partial charge in [-0.1, -0.05) is 18.2 Å². The molecule has 1 atom stereocenters. The highest BCUT2D eigenvalue weighted by molar-refractivity contribution is 5.85. The Balaban J connectivity index is 0.000000333. The van der Waals surface area contributed by atoms with Crippen molar-refractivity contribution < 1.29 is 18.7 Å². The third-order valence-corrected chi connectivity index (χ3v) is 7.72. The molecule has 0 amide bonds. The number of carbonyl (C=O) groups excluding carboxylic acids is 2. The minimum Gasteiger partial charge on any atom is -0.496 e. The number of dihydropyridines is 1. The molecule has 0 unspecified atom stereocenters. The number of benzene rings is 1. The molecule has 42 heavy (non-hydrogen) atoms. The Hall–Kier alpha value is -3.69. The van der Waals surface area contributed by atoms with E-state index >= 15 is 0 Å². The number of methoxy groups -OCH3 is 1. The number of para-hydroxylation sites is 1. The molecule has 232 valence electrons. The number of halogens is 1. The molecule has 2 aliphatic heterocycles. The molecule has 1 aromatic carbocycles. The monoisotopic (exact) mass is 583 g/mol. The highest BCUT2D eigenvalue weighted by Crippen LogP contribution is 2.34. The van der Waals surface area contributed by atoms with Crippen molar-refractivity contribution in [2.75, 3.05) is 40.3 Å². The van der Waals surface area contributed by atoms with Gasteiger partial charge in [-0.25, -0.2) is 4.39 Å². The fraction of sp³-hybridized carbons (Fsp3) is 0.455. The third-order valence-electron chi connectivity index (χ3n) is 7.72. The molecule has 5 N–H and O–H groups in total. The van der Waals surface area contributed by atoms with Crippen molar-refractivity contribution in [2.45, 2.75) is 53.5 Å². The van der Waals surface area contributed by atoms with Gasteiger partial charge in [-0.3, -0.25) is 4.79 Å². The number of aromatic nitrogens is 1. The number of aryl methyl sites for hydroxylation is 1. The lowest BCUT2D eigenvalue weighted by Gasteiger charge is -2.30. The van der Waals surface area contributed by atoms with Gasteiger partial charge < -0.3 is 35.8 Å². The smallest absolute Gasteiger partial charge is 0.151 e. The first kappa shape index (κ1) is 36.3. The zero-order chi connectivity index (χ0) is 31.7. The summed E-state index contributed by atoms with van der Waals surface area (Å²) in [6, 6.07) is 9.43. The standard InChI is InChI=1S/C17H24N2.C9H16N2O2.C6H8FN.CH2O/c1-12-13(2)19(17-7-5-4-6-16(12)17)14(3)15-8-10-18-11-9-15;1-7(11-2)4-9(13-3)8(5-10)6-12;1-5-2-3-8-4-6(5)7;1-2/h4-7,14-15,18H,8-11H2,1-3H3;4,6,11H,5,10H2,1-3H3;2-3,8H,4H2,1H3;1H2/b;7-4-,9-8+;;/t14-;;;/m1.../s1. The van der Waals surface area contributed by atoms with E-state index in [1.54, 1.807) is 32.3 Å². The normalized spacial score (nSPS) is 16.4. The van der Waals surface area contributed by atoms with Crippen LogP contribution in [0.5, 0.6) is 0 Å². The number of nitrogens with one attached hydrogen (secondary N) is 3. The van der Waals surface area contributed by atoms with E-state index in [0.29, 0.717) is 30.2 Å². The Labute approximate surface area is 250 Å². The van der Waals surface area contributed by atoms with Crippen molar-refractivity contribution in [3.05, 3.63) is 82.3 Å². The first-order chi connectivity index (χ1) is 20.2. The maximum atomic E-state index is 12.3. The van der Waals surface area contributed by atoms with Crippen molar-refractivity contribution >= 4 is 24.0 Å². The van der Waals surface area contributed by atoms with E-state index in [4.69, 9.17) is 15.3 Å². The largest absolute Gasteiger partial charge is 0.496 e. The summed E-state index contributed by atoms with van der Waals surface area (Å²) in [6.07, 6.45) is 8.50. The van der Waals surface area contributed by atoms with Gasteiger partial charge in [-0.15, -0.1) is 0 Å². The number of carbonyl (C=O) groups is 2. The van der Waals surface area contributed by atoms with Crippen LogP contribution in [0, 0.1) is 19.8 Å². The second-order valence-electron chi connectivity index (χ2n) is 10.2. The van der Waals surface area contributed by atoms with Gasteiger partial charge in [0.05, 0.1) is 13.7 Å². The van der Waals surface area contributed by atoms with Crippen molar-refractivity contribution in [1.82, 2.24) is 20.5 Å². The summed E-state index contributed by atoms with van der Waals surface area (Å²) in [4.78, 5) is 18.5. The maximum Gasteiger partial charge on any atom is 0.151 e. The summed E-state index contributed by atoms with van der Waals surface area (Å²) in [7, 11) is 3.30. The van der Waals surface area contributed by atoms with Gasteiger partial charge >= 0.3 is 0 Å². The summed E-state index contributed by atoms with van der Waals surface area (Å²) in [5.41, 5.74) is 11.7. The Morgan fingerprint density at radius 3 is 2.38 bits per heavy atom. The molecule has 0 spiro atoms. The number of aldehydes is 1. The number of ether oxygens (including phenoxy) is 1. The summed E-state index contributed by atoms with van der Waals surface area (Å²) >= 11 is 0. The molecule has 1 saturated heterocycles. The zero-order valence-electron chi connectivity index (χ0n) is 26.4. The number of hydrogen-bond acceptors (Lipinski definition) is 7. The number of hydrogen-bond donors (Lipinski definition) is 4. The van der Waals surface area contributed by atoms with E-state index in [1.165, 1.54) is 55.2 Å². The van der Waals surface area contributed by atoms with Crippen molar-refractivity contribution in [3.8, 4) is 0 Å². The number of nitrogens with two attached hydrogens (primary N) is 1. The van der Waals surface area contributed by atoms with Gasteiger partial charge in [0.25, 0.3) is 0 Å². The Morgan fingerprint density at radius 1 is 1.24 bits per heavy atom. The van der Waals surface area contributed by atoms with Crippen LogP contribution in [-0.2, 0) is 14.3 Å². The van der Waals surface area contributed by atoms with E-state index < -0.39 is 0 Å². The molecule has 9 heteroatoms. The maximum absolute atomic E-state index is 12.3. The second kappa shape index (κ2) is 19.4. The Bertz CT molecular complexity index is 1260. The fourth-order valence-corrected chi connectivity index (χ4v) is 4.94. The molecule has 0 bridgehead atoms. The number of fused-ring (bicyclic) bond motifs is 1. The first-order valence-corrected chi connectivity index (χ1v) is 14.3. The second-order valence-corrected chi connectivity index (χ2v) is 10.2. The van der Waals surface area contributed by atoms with Crippen LogP contribution < -0.4 is 21.7 Å². The molecule has 1 aromatic heterocycles. The molecule has 2 aromatic rings. The van der Waals surface area contributed by atoms with Gasteiger partial charge in [0.1, 0.15) is 18.4 Å².